The number of hydrogen-bond acceptors (Lipinski definition) is 5. The maximum atomic E-state index is 12.7. The number of methoxy groups -OCH3 is 1. The average Bonchev–Trinajstić information content (AvgIpc) is 3.47. The summed E-state index contributed by atoms with van der Waals surface area (Å²) >= 11 is 1.49. The molecule has 2 aromatic carbocycles. The molecule has 1 N–H and O–H groups in total. The highest BCUT2D eigenvalue weighted by atomic mass is 32.1. The van der Waals surface area contributed by atoms with Gasteiger partial charge in [0.2, 0.25) is 0 Å². The molecule has 0 bridgehead atoms. The SMILES string of the molecule is COc1ccc(C(CNC(=O)c2csc(-c3ccccc3)n2)N2CCCC2)cc1. The van der Waals surface area contributed by atoms with Crippen LogP contribution in [0, 0.1) is 0 Å². The summed E-state index contributed by atoms with van der Waals surface area (Å²) in [6.07, 6.45) is 2.40. The molecule has 1 fully saturated rings. The molecule has 150 valence electrons. The zero-order valence-corrected chi connectivity index (χ0v) is 17.3. The summed E-state index contributed by atoms with van der Waals surface area (Å²) in [6, 6.07) is 18.2. The molecule has 1 atom stereocenters. The molecule has 1 amide bonds. The fourth-order valence-corrected chi connectivity index (χ4v) is 4.51. The van der Waals surface area contributed by atoms with Crippen LogP contribution in [0.2, 0.25) is 0 Å². The molecule has 0 spiro atoms. The zero-order valence-electron chi connectivity index (χ0n) is 16.5. The van der Waals surface area contributed by atoms with Gasteiger partial charge in [0, 0.05) is 17.5 Å². The van der Waals surface area contributed by atoms with E-state index in [1.54, 1.807) is 7.11 Å². The summed E-state index contributed by atoms with van der Waals surface area (Å²) in [5.41, 5.74) is 2.70. The van der Waals surface area contributed by atoms with Crippen molar-refractivity contribution in [1.29, 1.82) is 0 Å². The number of nitrogens with zero attached hydrogens (tertiary/aromatic N) is 2. The van der Waals surface area contributed by atoms with Crippen LogP contribution in [-0.2, 0) is 0 Å². The van der Waals surface area contributed by atoms with Crippen LogP contribution in [0.15, 0.2) is 60.0 Å². The molecule has 0 radical (unpaired) electrons. The Morgan fingerprint density at radius 1 is 1.14 bits per heavy atom. The second-order valence-corrected chi connectivity index (χ2v) is 8.00. The number of amides is 1. The van der Waals surface area contributed by atoms with E-state index in [1.165, 1.54) is 29.7 Å². The van der Waals surface area contributed by atoms with Crippen LogP contribution in [0.3, 0.4) is 0 Å². The average molecular weight is 408 g/mol. The Balaban J connectivity index is 1.45. The maximum Gasteiger partial charge on any atom is 0.270 e. The minimum Gasteiger partial charge on any atom is -0.497 e. The topological polar surface area (TPSA) is 54.5 Å². The lowest BCUT2D eigenvalue weighted by atomic mass is 10.1. The molecule has 5 nitrogen and oxygen atoms in total. The van der Waals surface area contributed by atoms with Gasteiger partial charge in [-0.1, -0.05) is 42.5 Å². The summed E-state index contributed by atoms with van der Waals surface area (Å²) < 4.78 is 5.28. The van der Waals surface area contributed by atoms with E-state index in [0.29, 0.717) is 12.2 Å². The highest BCUT2D eigenvalue weighted by molar-refractivity contribution is 7.13. The molecule has 6 heteroatoms. The number of ether oxygens (including phenoxy) is 1. The van der Waals surface area contributed by atoms with Gasteiger partial charge in [0.15, 0.2) is 0 Å². The Bertz CT molecular complexity index is 934. The van der Waals surface area contributed by atoms with Crippen LogP contribution in [0.25, 0.3) is 10.6 Å². The van der Waals surface area contributed by atoms with E-state index in [9.17, 15) is 4.79 Å². The van der Waals surface area contributed by atoms with Crippen molar-refractivity contribution in [2.24, 2.45) is 0 Å². The fraction of sp³-hybridized carbons (Fsp3) is 0.304. The van der Waals surface area contributed by atoms with E-state index in [0.717, 1.165) is 29.4 Å². The highest BCUT2D eigenvalue weighted by Crippen LogP contribution is 2.27. The first-order chi connectivity index (χ1) is 14.2. The Hall–Kier alpha value is -2.70. The number of rotatable bonds is 7. The smallest absolute Gasteiger partial charge is 0.270 e. The standard InChI is InChI=1S/C23H25N3O2S/c1-28-19-11-9-17(10-12-19)21(26-13-5-6-14-26)15-24-22(27)20-16-29-23(25-20)18-7-3-2-4-8-18/h2-4,7-12,16,21H,5-6,13-15H2,1H3,(H,24,27). The van der Waals surface area contributed by atoms with E-state index < -0.39 is 0 Å². The molecule has 0 saturated carbocycles. The van der Waals surface area contributed by atoms with E-state index in [1.807, 2.05) is 47.8 Å². The van der Waals surface area contributed by atoms with Gasteiger partial charge in [-0.05, 0) is 43.6 Å². The van der Waals surface area contributed by atoms with Crippen molar-refractivity contribution in [1.82, 2.24) is 15.2 Å². The van der Waals surface area contributed by atoms with Crippen molar-refractivity contribution >= 4 is 17.2 Å². The molecule has 29 heavy (non-hydrogen) atoms. The Kier molecular flexibility index (Phi) is 6.22. The van der Waals surface area contributed by atoms with Crippen LogP contribution >= 0.6 is 11.3 Å². The monoisotopic (exact) mass is 407 g/mol. The first-order valence-electron chi connectivity index (χ1n) is 9.92. The third-order valence-electron chi connectivity index (χ3n) is 5.30. The third kappa shape index (κ3) is 4.66. The molecule has 2 heterocycles. The van der Waals surface area contributed by atoms with Crippen molar-refractivity contribution < 1.29 is 9.53 Å². The van der Waals surface area contributed by atoms with Gasteiger partial charge in [0.1, 0.15) is 16.5 Å². The van der Waals surface area contributed by atoms with Gasteiger partial charge in [-0.2, -0.15) is 0 Å². The summed E-state index contributed by atoms with van der Waals surface area (Å²) in [4.78, 5) is 19.7. The second-order valence-electron chi connectivity index (χ2n) is 7.15. The fourth-order valence-electron chi connectivity index (χ4n) is 3.71. The van der Waals surface area contributed by atoms with Crippen molar-refractivity contribution in [2.75, 3.05) is 26.7 Å². The quantitative estimate of drug-likeness (QED) is 0.631. The normalized spacial score (nSPS) is 15.2. The van der Waals surface area contributed by atoms with Crippen molar-refractivity contribution in [3.63, 3.8) is 0 Å². The lowest BCUT2D eigenvalue weighted by Gasteiger charge is -2.28. The first-order valence-corrected chi connectivity index (χ1v) is 10.8. The molecule has 0 aliphatic carbocycles. The molecule has 1 unspecified atom stereocenters. The number of hydrogen-bond donors (Lipinski definition) is 1. The molecule has 1 saturated heterocycles. The number of nitrogens with one attached hydrogen (secondary N) is 1. The Labute approximate surface area is 175 Å². The largest absolute Gasteiger partial charge is 0.497 e. The van der Waals surface area contributed by atoms with Crippen LogP contribution in [0.1, 0.15) is 34.9 Å². The number of thiazole rings is 1. The van der Waals surface area contributed by atoms with Gasteiger partial charge in [-0.25, -0.2) is 4.98 Å². The Morgan fingerprint density at radius 2 is 1.86 bits per heavy atom. The van der Waals surface area contributed by atoms with E-state index in [4.69, 9.17) is 4.74 Å². The number of carbonyl (C=O) groups is 1. The van der Waals surface area contributed by atoms with Crippen molar-refractivity contribution in [3.8, 4) is 16.3 Å². The summed E-state index contributed by atoms with van der Waals surface area (Å²) in [5, 5.41) is 5.79. The number of benzene rings is 2. The van der Waals surface area contributed by atoms with Crippen LogP contribution in [0.5, 0.6) is 5.75 Å². The lowest BCUT2D eigenvalue weighted by molar-refractivity contribution is 0.0933. The zero-order chi connectivity index (χ0) is 20.1. The summed E-state index contributed by atoms with van der Waals surface area (Å²) in [6.45, 7) is 2.67. The summed E-state index contributed by atoms with van der Waals surface area (Å²) in [7, 11) is 1.67. The minimum atomic E-state index is -0.124. The number of carbonyl (C=O) groups excluding carboxylic acids is 1. The van der Waals surface area contributed by atoms with Gasteiger partial charge in [0.25, 0.3) is 5.91 Å². The second kappa shape index (κ2) is 9.20. The molecule has 4 rings (SSSR count). The molecular weight excluding hydrogens is 382 g/mol. The molecular formula is C23H25N3O2S. The number of aromatic nitrogens is 1. The molecule has 3 aromatic rings. The van der Waals surface area contributed by atoms with Gasteiger partial charge >= 0.3 is 0 Å². The van der Waals surface area contributed by atoms with Gasteiger partial charge in [0.05, 0.1) is 13.2 Å². The lowest BCUT2D eigenvalue weighted by Crippen LogP contribution is -2.36. The van der Waals surface area contributed by atoms with Crippen LogP contribution in [-0.4, -0.2) is 42.5 Å². The van der Waals surface area contributed by atoms with Crippen molar-refractivity contribution in [3.05, 3.63) is 71.2 Å². The minimum absolute atomic E-state index is 0.124. The molecule has 1 aliphatic heterocycles. The Morgan fingerprint density at radius 3 is 2.55 bits per heavy atom. The maximum absolute atomic E-state index is 12.7. The highest BCUT2D eigenvalue weighted by Gasteiger charge is 2.24. The predicted molar refractivity (Wildman–Crippen MR) is 116 cm³/mol. The number of likely N-dealkylation sites (tertiary alicyclic amines) is 1. The first kappa shape index (κ1) is 19.6. The van der Waals surface area contributed by atoms with Gasteiger partial charge in [-0.15, -0.1) is 11.3 Å². The predicted octanol–water partition coefficient (Wildman–Crippen LogP) is 4.39. The van der Waals surface area contributed by atoms with E-state index >= 15 is 0 Å². The van der Waals surface area contributed by atoms with Crippen LogP contribution < -0.4 is 10.1 Å². The van der Waals surface area contributed by atoms with Crippen molar-refractivity contribution in [2.45, 2.75) is 18.9 Å². The third-order valence-corrected chi connectivity index (χ3v) is 6.19. The van der Waals surface area contributed by atoms with Crippen LogP contribution in [0.4, 0.5) is 0 Å². The van der Waals surface area contributed by atoms with Gasteiger partial charge < -0.3 is 10.1 Å². The van der Waals surface area contributed by atoms with E-state index in [2.05, 4.69) is 27.3 Å². The van der Waals surface area contributed by atoms with E-state index in [-0.39, 0.29) is 11.9 Å². The summed E-state index contributed by atoms with van der Waals surface area (Å²) in [5.74, 6) is 0.718. The molecule has 1 aliphatic rings. The van der Waals surface area contributed by atoms with Gasteiger partial charge in [-0.3, -0.25) is 9.69 Å². The molecule has 1 aromatic heterocycles.